The van der Waals surface area contributed by atoms with E-state index in [0.717, 1.165) is 16.4 Å². The molecule has 0 unspecified atom stereocenters. The zero-order valence-electron chi connectivity index (χ0n) is 12.4. The minimum atomic E-state index is -1.13. The number of aliphatic hydroxyl groups is 1. The molecule has 0 bridgehead atoms. The van der Waals surface area contributed by atoms with Gasteiger partial charge in [-0.05, 0) is 24.3 Å². The van der Waals surface area contributed by atoms with E-state index in [4.69, 9.17) is 11.6 Å². The van der Waals surface area contributed by atoms with Gasteiger partial charge < -0.3 is 10.0 Å². The Labute approximate surface area is 144 Å². The summed E-state index contributed by atoms with van der Waals surface area (Å²) in [7, 11) is 0. The molecular formula is C17H16ClN3OS. The molecule has 1 aliphatic rings. The molecule has 1 atom stereocenters. The van der Waals surface area contributed by atoms with Crippen LogP contribution in [0.25, 0.3) is 0 Å². The van der Waals surface area contributed by atoms with Crippen molar-refractivity contribution < 1.29 is 5.11 Å². The Bertz CT molecular complexity index is 720. The number of rotatable bonds is 4. The Morgan fingerprint density at radius 2 is 2.17 bits per heavy atom. The normalized spacial score (nSPS) is 22.5. The second kappa shape index (κ2) is 6.74. The van der Waals surface area contributed by atoms with E-state index in [1.165, 1.54) is 11.8 Å². The lowest BCUT2D eigenvalue weighted by atomic mass is 10.0. The fraction of sp³-hybridized carbons (Fsp3) is 0.176. The number of amidine groups is 1. The first-order valence-corrected chi connectivity index (χ1v) is 8.48. The molecule has 1 saturated heterocycles. The first-order valence-electron chi connectivity index (χ1n) is 7.12. The Hall–Kier alpha value is -1.82. The Morgan fingerprint density at radius 3 is 2.83 bits per heavy atom. The van der Waals surface area contributed by atoms with Gasteiger partial charge in [-0.3, -0.25) is 4.98 Å². The molecule has 2 aromatic rings. The second-order valence-electron chi connectivity index (χ2n) is 5.12. The average molecular weight is 346 g/mol. The lowest BCUT2D eigenvalue weighted by molar-refractivity contribution is -0.0422. The van der Waals surface area contributed by atoms with Crippen molar-refractivity contribution in [2.75, 3.05) is 12.3 Å². The Morgan fingerprint density at radius 1 is 1.39 bits per heavy atom. The smallest absolute Gasteiger partial charge is 0.175 e. The summed E-state index contributed by atoms with van der Waals surface area (Å²) in [5.74, 6) is 0.488. The summed E-state index contributed by atoms with van der Waals surface area (Å²) >= 11 is 7.46. The third-order valence-electron chi connectivity index (χ3n) is 3.57. The van der Waals surface area contributed by atoms with Crippen LogP contribution in [0.4, 0.5) is 5.69 Å². The van der Waals surface area contributed by atoms with Gasteiger partial charge in [0.15, 0.2) is 10.9 Å². The van der Waals surface area contributed by atoms with Crippen LogP contribution in [-0.2, 0) is 5.72 Å². The molecule has 4 nitrogen and oxygen atoms in total. The average Bonchev–Trinajstić information content (AvgIpc) is 2.87. The van der Waals surface area contributed by atoms with E-state index in [1.54, 1.807) is 30.6 Å². The minimum Gasteiger partial charge on any atom is -0.366 e. The summed E-state index contributed by atoms with van der Waals surface area (Å²) < 4.78 is 0. The van der Waals surface area contributed by atoms with E-state index < -0.39 is 5.72 Å². The third-order valence-corrected chi connectivity index (χ3v) is 4.94. The zero-order valence-corrected chi connectivity index (χ0v) is 14.0. The molecule has 1 aromatic heterocycles. The van der Waals surface area contributed by atoms with E-state index in [1.807, 2.05) is 29.2 Å². The minimum absolute atomic E-state index is 0.488. The van der Waals surface area contributed by atoms with Crippen LogP contribution in [0.15, 0.2) is 66.4 Å². The van der Waals surface area contributed by atoms with E-state index in [9.17, 15) is 5.11 Å². The molecule has 0 amide bonds. The summed E-state index contributed by atoms with van der Waals surface area (Å²) in [5, 5.41) is 12.6. The maximum Gasteiger partial charge on any atom is 0.175 e. The van der Waals surface area contributed by atoms with Gasteiger partial charge in [0.25, 0.3) is 0 Å². The number of aromatic nitrogens is 1. The van der Waals surface area contributed by atoms with Crippen molar-refractivity contribution >= 4 is 34.2 Å². The van der Waals surface area contributed by atoms with Crippen LogP contribution >= 0.6 is 23.4 Å². The summed E-state index contributed by atoms with van der Waals surface area (Å²) in [6.07, 6.45) is 5.15. The summed E-state index contributed by atoms with van der Waals surface area (Å²) in [6, 6.07) is 11.0. The van der Waals surface area contributed by atoms with Crippen molar-refractivity contribution in [1.82, 2.24) is 9.88 Å². The SMILES string of the molecule is C=CCN1C(=Nc2cccnc2)SC[C@@]1(O)c1ccc(Cl)cc1. The van der Waals surface area contributed by atoms with Crippen molar-refractivity contribution in [2.45, 2.75) is 5.72 Å². The van der Waals surface area contributed by atoms with Crippen LogP contribution in [0, 0.1) is 0 Å². The van der Waals surface area contributed by atoms with Crippen LogP contribution in [0.1, 0.15) is 5.56 Å². The number of aliphatic imine (C=N–C) groups is 1. The van der Waals surface area contributed by atoms with Crippen LogP contribution in [0.2, 0.25) is 5.02 Å². The molecule has 118 valence electrons. The predicted molar refractivity (Wildman–Crippen MR) is 96.0 cm³/mol. The van der Waals surface area contributed by atoms with Crippen LogP contribution in [0.5, 0.6) is 0 Å². The molecule has 1 aromatic carbocycles. The van der Waals surface area contributed by atoms with E-state index >= 15 is 0 Å². The molecule has 1 N–H and O–H groups in total. The summed E-state index contributed by atoms with van der Waals surface area (Å²) in [4.78, 5) is 10.5. The second-order valence-corrected chi connectivity index (χ2v) is 6.50. The fourth-order valence-electron chi connectivity index (χ4n) is 2.42. The highest BCUT2D eigenvalue weighted by atomic mass is 35.5. The fourth-order valence-corrected chi connectivity index (χ4v) is 3.75. The Kier molecular flexibility index (Phi) is 4.71. The van der Waals surface area contributed by atoms with Gasteiger partial charge >= 0.3 is 0 Å². The number of benzene rings is 1. The third kappa shape index (κ3) is 3.27. The summed E-state index contributed by atoms with van der Waals surface area (Å²) in [5.41, 5.74) is 0.405. The number of thioether (sulfide) groups is 1. The van der Waals surface area contributed by atoms with Crippen molar-refractivity contribution in [3.05, 3.63) is 72.0 Å². The molecule has 0 saturated carbocycles. The lowest BCUT2D eigenvalue weighted by Gasteiger charge is -2.33. The van der Waals surface area contributed by atoms with Gasteiger partial charge in [0, 0.05) is 23.3 Å². The first-order chi connectivity index (χ1) is 11.1. The number of nitrogens with zero attached hydrogens (tertiary/aromatic N) is 3. The highest BCUT2D eigenvalue weighted by molar-refractivity contribution is 8.14. The van der Waals surface area contributed by atoms with Crippen molar-refractivity contribution in [1.29, 1.82) is 0 Å². The molecule has 3 rings (SSSR count). The van der Waals surface area contributed by atoms with Crippen molar-refractivity contribution in [2.24, 2.45) is 4.99 Å². The van der Waals surface area contributed by atoms with Gasteiger partial charge in [-0.25, -0.2) is 4.99 Å². The van der Waals surface area contributed by atoms with E-state index in [-0.39, 0.29) is 0 Å². The lowest BCUT2D eigenvalue weighted by Crippen LogP contribution is -2.45. The first kappa shape index (κ1) is 16.1. The standard InChI is InChI=1S/C17H16ClN3OS/c1-2-10-21-16(20-15-4-3-9-19-11-15)23-12-17(21,22)13-5-7-14(18)8-6-13/h2-9,11,22H,1,10,12H2/t17-/m1/s1. The van der Waals surface area contributed by atoms with E-state index in [0.29, 0.717) is 17.3 Å². The number of hydrogen-bond donors (Lipinski definition) is 1. The largest absolute Gasteiger partial charge is 0.366 e. The molecule has 0 aliphatic carbocycles. The van der Waals surface area contributed by atoms with Crippen molar-refractivity contribution in [3.63, 3.8) is 0 Å². The number of halogens is 1. The maximum absolute atomic E-state index is 11.2. The molecule has 23 heavy (non-hydrogen) atoms. The molecular weight excluding hydrogens is 330 g/mol. The molecule has 2 heterocycles. The quantitative estimate of drug-likeness (QED) is 0.856. The molecule has 0 spiro atoms. The monoisotopic (exact) mass is 345 g/mol. The van der Waals surface area contributed by atoms with E-state index in [2.05, 4.69) is 16.6 Å². The topological polar surface area (TPSA) is 48.7 Å². The van der Waals surface area contributed by atoms with Gasteiger partial charge in [-0.1, -0.05) is 41.6 Å². The predicted octanol–water partition coefficient (Wildman–Crippen LogP) is 3.80. The Balaban J connectivity index is 1.97. The highest BCUT2D eigenvalue weighted by Gasteiger charge is 2.44. The number of hydrogen-bond acceptors (Lipinski definition) is 4. The highest BCUT2D eigenvalue weighted by Crippen LogP contribution is 2.40. The molecule has 0 radical (unpaired) electrons. The van der Waals surface area contributed by atoms with Gasteiger partial charge in [0.2, 0.25) is 0 Å². The van der Waals surface area contributed by atoms with Gasteiger partial charge in [0.05, 0.1) is 17.6 Å². The zero-order chi connectivity index (χ0) is 16.3. The van der Waals surface area contributed by atoms with Crippen LogP contribution in [0.3, 0.4) is 0 Å². The van der Waals surface area contributed by atoms with Gasteiger partial charge in [0.1, 0.15) is 0 Å². The van der Waals surface area contributed by atoms with Crippen molar-refractivity contribution in [3.8, 4) is 0 Å². The van der Waals surface area contributed by atoms with Gasteiger partial charge in [-0.15, -0.1) is 6.58 Å². The molecule has 1 aliphatic heterocycles. The van der Waals surface area contributed by atoms with Crippen LogP contribution < -0.4 is 0 Å². The van der Waals surface area contributed by atoms with Crippen LogP contribution in [-0.4, -0.2) is 32.5 Å². The molecule has 1 fully saturated rings. The number of pyridine rings is 1. The molecule has 6 heteroatoms. The maximum atomic E-state index is 11.2. The van der Waals surface area contributed by atoms with Gasteiger partial charge in [-0.2, -0.15) is 0 Å². The summed E-state index contributed by atoms with van der Waals surface area (Å²) in [6.45, 7) is 4.28.